The number of fused-ring (bicyclic) bond motifs is 1. The first-order valence-electron chi connectivity index (χ1n) is 6.95. The number of hydrogen-bond acceptors (Lipinski definition) is 3. The molecule has 104 valence electrons. The van der Waals surface area contributed by atoms with E-state index in [4.69, 9.17) is 4.42 Å². The van der Waals surface area contributed by atoms with Crippen LogP contribution < -0.4 is 0 Å². The van der Waals surface area contributed by atoms with E-state index in [-0.39, 0.29) is 0 Å². The number of rotatable bonds is 2. The molecule has 0 N–H and O–H groups in total. The van der Waals surface area contributed by atoms with E-state index in [1.54, 1.807) is 6.20 Å². The molecule has 3 nitrogen and oxygen atoms in total. The van der Waals surface area contributed by atoms with Crippen LogP contribution in [0.5, 0.6) is 0 Å². The molecule has 0 fully saturated rings. The van der Waals surface area contributed by atoms with Crippen molar-refractivity contribution in [3.05, 3.63) is 69.2 Å². The molecule has 4 heteroatoms. The Morgan fingerprint density at radius 1 is 1.05 bits per heavy atom. The lowest BCUT2D eigenvalue weighted by Crippen LogP contribution is -2.01. The third-order valence-electron chi connectivity index (χ3n) is 3.88. The summed E-state index contributed by atoms with van der Waals surface area (Å²) in [6, 6.07) is 14.3. The SMILES string of the molecule is Ic1ccccc1C1Cc2nc(-c3ccccn3)oc2C1. The van der Waals surface area contributed by atoms with Gasteiger partial charge in [0.1, 0.15) is 11.5 Å². The van der Waals surface area contributed by atoms with E-state index >= 15 is 0 Å². The summed E-state index contributed by atoms with van der Waals surface area (Å²) in [4.78, 5) is 8.93. The monoisotopic (exact) mass is 388 g/mol. The predicted octanol–water partition coefficient (Wildman–Crippen LogP) is 4.22. The zero-order valence-corrected chi connectivity index (χ0v) is 13.4. The molecule has 3 aromatic rings. The van der Waals surface area contributed by atoms with Gasteiger partial charge in [-0.3, -0.25) is 4.98 Å². The summed E-state index contributed by atoms with van der Waals surface area (Å²) in [6.07, 6.45) is 3.64. The number of nitrogens with zero attached hydrogens (tertiary/aromatic N) is 2. The van der Waals surface area contributed by atoms with Crippen LogP contribution in [0.1, 0.15) is 22.9 Å². The average Bonchev–Trinajstić information content (AvgIpc) is 3.07. The van der Waals surface area contributed by atoms with Gasteiger partial charge in [0.05, 0.1) is 5.69 Å². The fourth-order valence-corrected chi connectivity index (χ4v) is 3.68. The van der Waals surface area contributed by atoms with Crippen molar-refractivity contribution < 1.29 is 4.42 Å². The lowest BCUT2D eigenvalue weighted by molar-refractivity contribution is 0.509. The van der Waals surface area contributed by atoms with Gasteiger partial charge < -0.3 is 4.42 Å². The lowest BCUT2D eigenvalue weighted by atomic mass is 9.97. The van der Waals surface area contributed by atoms with Crippen molar-refractivity contribution in [2.75, 3.05) is 0 Å². The fourth-order valence-electron chi connectivity index (χ4n) is 2.86. The van der Waals surface area contributed by atoms with Gasteiger partial charge in [0.25, 0.3) is 0 Å². The minimum atomic E-state index is 0.483. The zero-order valence-electron chi connectivity index (χ0n) is 11.3. The van der Waals surface area contributed by atoms with Crippen LogP contribution in [-0.4, -0.2) is 9.97 Å². The summed E-state index contributed by atoms with van der Waals surface area (Å²) in [7, 11) is 0. The fraction of sp³-hybridized carbons (Fsp3) is 0.176. The molecule has 1 unspecified atom stereocenters. The van der Waals surface area contributed by atoms with Crippen molar-refractivity contribution in [2.24, 2.45) is 0 Å². The second-order valence-corrected chi connectivity index (χ2v) is 6.39. The molecule has 0 radical (unpaired) electrons. The minimum absolute atomic E-state index is 0.483. The number of oxazole rings is 1. The standard InChI is InChI=1S/C17H13IN2O/c18-13-6-2-1-5-12(13)11-9-15-16(10-11)21-17(20-15)14-7-3-4-8-19-14/h1-8,11H,9-10H2. The van der Waals surface area contributed by atoms with Crippen molar-refractivity contribution in [3.63, 3.8) is 0 Å². The summed E-state index contributed by atoms with van der Waals surface area (Å²) in [6.45, 7) is 0. The third kappa shape index (κ3) is 2.37. The molecule has 1 aliphatic rings. The second kappa shape index (κ2) is 5.26. The summed E-state index contributed by atoms with van der Waals surface area (Å²) in [5.41, 5.74) is 3.28. The topological polar surface area (TPSA) is 38.9 Å². The van der Waals surface area contributed by atoms with Gasteiger partial charge in [-0.05, 0) is 52.3 Å². The van der Waals surface area contributed by atoms with Crippen molar-refractivity contribution >= 4 is 22.6 Å². The zero-order chi connectivity index (χ0) is 14.2. The van der Waals surface area contributed by atoms with Crippen molar-refractivity contribution in [2.45, 2.75) is 18.8 Å². The van der Waals surface area contributed by atoms with Crippen LogP contribution >= 0.6 is 22.6 Å². The summed E-state index contributed by atoms with van der Waals surface area (Å²) in [5, 5.41) is 0. The Bertz CT molecular complexity index is 759. The Morgan fingerprint density at radius 2 is 1.90 bits per heavy atom. The first kappa shape index (κ1) is 13.0. The lowest BCUT2D eigenvalue weighted by Gasteiger charge is -2.11. The molecule has 0 spiro atoms. The van der Waals surface area contributed by atoms with Crippen LogP contribution in [0.4, 0.5) is 0 Å². The highest BCUT2D eigenvalue weighted by molar-refractivity contribution is 14.1. The Labute approximate surface area is 136 Å². The maximum absolute atomic E-state index is 5.93. The van der Waals surface area contributed by atoms with E-state index < -0.39 is 0 Å². The van der Waals surface area contributed by atoms with E-state index in [0.717, 1.165) is 30.0 Å². The van der Waals surface area contributed by atoms with Crippen LogP contribution in [0.3, 0.4) is 0 Å². The normalized spacial score (nSPS) is 16.9. The summed E-state index contributed by atoms with van der Waals surface area (Å²) in [5.74, 6) is 2.14. The molecule has 2 heterocycles. The predicted molar refractivity (Wildman–Crippen MR) is 89.0 cm³/mol. The highest BCUT2D eigenvalue weighted by Gasteiger charge is 2.29. The van der Waals surface area contributed by atoms with Gasteiger partial charge in [-0.2, -0.15) is 0 Å². The first-order chi connectivity index (χ1) is 10.3. The van der Waals surface area contributed by atoms with E-state index in [1.807, 2.05) is 18.2 Å². The molecule has 1 aromatic carbocycles. The van der Waals surface area contributed by atoms with Gasteiger partial charge in [0.15, 0.2) is 0 Å². The molecule has 0 amide bonds. The van der Waals surface area contributed by atoms with Gasteiger partial charge in [-0.15, -0.1) is 0 Å². The van der Waals surface area contributed by atoms with Crippen molar-refractivity contribution in [1.82, 2.24) is 9.97 Å². The molecule has 0 aliphatic heterocycles. The molecule has 21 heavy (non-hydrogen) atoms. The van der Waals surface area contributed by atoms with Gasteiger partial charge >= 0.3 is 0 Å². The Morgan fingerprint density at radius 3 is 2.67 bits per heavy atom. The maximum atomic E-state index is 5.93. The highest BCUT2D eigenvalue weighted by Crippen LogP contribution is 2.37. The molecule has 0 saturated carbocycles. The van der Waals surface area contributed by atoms with E-state index in [0.29, 0.717) is 11.8 Å². The van der Waals surface area contributed by atoms with Crippen molar-refractivity contribution in [3.8, 4) is 11.6 Å². The molecule has 0 saturated heterocycles. The number of hydrogen-bond donors (Lipinski definition) is 0. The van der Waals surface area contributed by atoms with Crippen LogP contribution in [0.25, 0.3) is 11.6 Å². The molecule has 1 aliphatic carbocycles. The molecular weight excluding hydrogens is 375 g/mol. The van der Waals surface area contributed by atoms with Gasteiger partial charge in [0.2, 0.25) is 5.89 Å². The first-order valence-corrected chi connectivity index (χ1v) is 8.03. The van der Waals surface area contributed by atoms with Crippen LogP contribution in [0.15, 0.2) is 53.1 Å². The smallest absolute Gasteiger partial charge is 0.245 e. The third-order valence-corrected chi connectivity index (χ3v) is 4.86. The summed E-state index contributed by atoms with van der Waals surface area (Å²) >= 11 is 2.40. The molecule has 1 atom stereocenters. The Balaban J connectivity index is 1.62. The van der Waals surface area contributed by atoms with E-state index in [2.05, 4.69) is 56.8 Å². The molecule has 2 aromatic heterocycles. The highest BCUT2D eigenvalue weighted by atomic mass is 127. The maximum Gasteiger partial charge on any atom is 0.245 e. The van der Waals surface area contributed by atoms with E-state index in [9.17, 15) is 0 Å². The summed E-state index contributed by atoms with van der Waals surface area (Å²) < 4.78 is 7.24. The van der Waals surface area contributed by atoms with Crippen LogP contribution in [0, 0.1) is 3.57 Å². The number of pyridine rings is 1. The van der Waals surface area contributed by atoms with Gasteiger partial charge in [-0.1, -0.05) is 24.3 Å². The molecule has 4 rings (SSSR count). The van der Waals surface area contributed by atoms with Crippen LogP contribution in [-0.2, 0) is 12.8 Å². The number of benzene rings is 1. The van der Waals surface area contributed by atoms with Crippen LogP contribution in [0.2, 0.25) is 0 Å². The number of aromatic nitrogens is 2. The van der Waals surface area contributed by atoms with Gasteiger partial charge in [-0.25, -0.2) is 4.98 Å². The Hall–Kier alpha value is -1.69. The molecular formula is C17H13IN2O. The largest absolute Gasteiger partial charge is 0.440 e. The van der Waals surface area contributed by atoms with Crippen molar-refractivity contribution in [1.29, 1.82) is 0 Å². The second-order valence-electron chi connectivity index (χ2n) is 5.23. The quantitative estimate of drug-likeness (QED) is 0.617. The number of halogens is 1. The molecule has 0 bridgehead atoms. The van der Waals surface area contributed by atoms with Gasteiger partial charge in [0, 0.05) is 22.6 Å². The minimum Gasteiger partial charge on any atom is -0.440 e. The average molecular weight is 388 g/mol. The van der Waals surface area contributed by atoms with E-state index in [1.165, 1.54) is 9.13 Å². The Kier molecular flexibility index (Phi) is 3.25.